The van der Waals surface area contributed by atoms with Crippen LogP contribution in [0, 0.1) is 23.7 Å². The van der Waals surface area contributed by atoms with Gasteiger partial charge >= 0.3 is 11.9 Å². The molecule has 2 aliphatic heterocycles. The summed E-state index contributed by atoms with van der Waals surface area (Å²) in [5.74, 6) is -0.108. The van der Waals surface area contributed by atoms with Gasteiger partial charge in [-0.1, -0.05) is 0 Å². The molecule has 4 heteroatoms. The van der Waals surface area contributed by atoms with Gasteiger partial charge in [-0.05, 0) is 6.42 Å². The summed E-state index contributed by atoms with van der Waals surface area (Å²) in [5.41, 5.74) is 0. The van der Waals surface area contributed by atoms with Gasteiger partial charge < -0.3 is 9.47 Å². The van der Waals surface area contributed by atoms with Crippen molar-refractivity contribution in [3.63, 3.8) is 0 Å². The summed E-state index contributed by atoms with van der Waals surface area (Å²) in [4.78, 5) is 22.8. The molecule has 0 N–H and O–H groups in total. The first kappa shape index (κ1) is 6.40. The van der Waals surface area contributed by atoms with E-state index in [9.17, 15) is 9.59 Å². The average Bonchev–Trinajstić information content (AvgIpc) is 2.67. The highest BCUT2D eigenvalue weighted by molar-refractivity contribution is 5.88. The molecule has 0 spiro atoms. The topological polar surface area (TPSA) is 52.6 Å². The zero-order valence-electron chi connectivity index (χ0n) is 6.80. The molecule has 2 bridgehead atoms. The van der Waals surface area contributed by atoms with E-state index in [4.69, 9.17) is 9.47 Å². The summed E-state index contributed by atoms with van der Waals surface area (Å²) >= 11 is 0. The highest BCUT2D eigenvalue weighted by atomic mass is 16.6. The Morgan fingerprint density at radius 3 is 1.85 bits per heavy atom. The minimum Gasteiger partial charge on any atom is -0.458 e. The van der Waals surface area contributed by atoms with Gasteiger partial charge in [0, 0.05) is 11.8 Å². The molecule has 6 atom stereocenters. The van der Waals surface area contributed by atoms with Crippen molar-refractivity contribution in [2.45, 2.75) is 18.6 Å². The minimum absolute atomic E-state index is 0.106. The van der Waals surface area contributed by atoms with Crippen LogP contribution in [0.5, 0.6) is 0 Å². The van der Waals surface area contributed by atoms with E-state index in [0.29, 0.717) is 0 Å². The van der Waals surface area contributed by atoms with Gasteiger partial charge in [0.1, 0.15) is 12.2 Å². The first-order chi connectivity index (χ1) is 6.27. The molecule has 4 rings (SSSR count). The minimum atomic E-state index is -0.166. The van der Waals surface area contributed by atoms with Crippen LogP contribution in [0.4, 0.5) is 0 Å². The number of carbonyl (C=O) groups excluding carboxylic acids is 2. The molecule has 13 heavy (non-hydrogen) atoms. The second-order valence-corrected chi connectivity index (χ2v) is 4.42. The molecule has 68 valence electrons. The molecular formula is C9H8O4. The summed E-state index contributed by atoms with van der Waals surface area (Å²) in [7, 11) is 0. The molecule has 2 saturated heterocycles. The quantitative estimate of drug-likeness (QED) is 0.481. The van der Waals surface area contributed by atoms with Crippen LogP contribution in [-0.2, 0) is 19.1 Å². The van der Waals surface area contributed by atoms with E-state index in [1.807, 2.05) is 0 Å². The molecule has 0 unspecified atom stereocenters. The highest BCUT2D eigenvalue weighted by Crippen LogP contribution is 2.62. The molecule has 0 aromatic carbocycles. The number of hydrogen-bond donors (Lipinski definition) is 0. The van der Waals surface area contributed by atoms with E-state index >= 15 is 0 Å². The average molecular weight is 180 g/mol. The molecule has 2 saturated carbocycles. The zero-order chi connectivity index (χ0) is 8.74. The van der Waals surface area contributed by atoms with Gasteiger partial charge in [-0.2, -0.15) is 0 Å². The maximum Gasteiger partial charge on any atom is 0.310 e. The van der Waals surface area contributed by atoms with Crippen molar-refractivity contribution in [1.29, 1.82) is 0 Å². The second kappa shape index (κ2) is 1.61. The van der Waals surface area contributed by atoms with Crippen LogP contribution in [0.15, 0.2) is 0 Å². The molecule has 0 amide bonds. The Balaban J connectivity index is 1.94. The van der Waals surface area contributed by atoms with Crippen LogP contribution < -0.4 is 0 Å². The van der Waals surface area contributed by atoms with E-state index in [1.165, 1.54) is 0 Å². The fourth-order valence-electron chi connectivity index (χ4n) is 3.68. The van der Waals surface area contributed by atoms with Crippen LogP contribution in [0.25, 0.3) is 0 Å². The van der Waals surface area contributed by atoms with Gasteiger partial charge in [-0.3, -0.25) is 9.59 Å². The predicted octanol–water partition coefficient (Wildman–Crippen LogP) is -0.281. The maximum absolute atomic E-state index is 11.4. The lowest BCUT2D eigenvalue weighted by Gasteiger charge is -2.17. The molecule has 2 aliphatic carbocycles. The third kappa shape index (κ3) is 0.474. The van der Waals surface area contributed by atoms with Crippen LogP contribution >= 0.6 is 0 Å². The molecule has 0 aromatic rings. The normalized spacial score (nSPS) is 60.0. The lowest BCUT2D eigenvalue weighted by Crippen LogP contribution is -2.31. The Kier molecular flexibility index (Phi) is 0.791. The smallest absolute Gasteiger partial charge is 0.310 e. The van der Waals surface area contributed by atoms with Gasteiger partial charge in [0.2, 0.25) is 0 Å². The molecule has 4 nitrogen and oxygen atoms in total. The van der Waals surface area contributed by atoms with E-state index in [-0.39, 0.29) is 47.8 Å². The SMILES string of the molecule is O=C1O[C@H]2[C@@H]3C[C@@H]4[C@@H]2OC(=O)[C@@H]4[C@H]13. The molecular weight excluding hydrogens is 172 g/mol. The van der Waals surface area contributed by atoms with Crippen molar-refractivity contribution in [1.82, 2.24) is 0 Å². The molecule has 4 fully saturated rings. The van der Waals surface area contributed by atoms with Crippen molar-refractivity contribution in [3.8, 4) is 0 Å². The summed E-state index contributed by atoms with van der Waals surface area (Å²) in [5, 5.41) is 0. The van der Waals surface area contributed by atoms with Crippen LogP contribution in [0.3, 0.4) is 0 Å². The Morgan fingerprint density at radius 2 is 1.38 bits per heavy atom. The lowest BCUT2D eigenvalue weighted by atomic mass is 9.81. The van der Waals surface area contributed by atoms with Crippen molar-refractivity contribution < 1.29 is 19.1 Å². The predicted molar refractivity (Wildman–Crippen MR) is 38.3 cm³/mol. The van der Waals surface area contributed by atoms with Crippen LogP contribution in [0.1, 0.15) is 6.42 Å². The maximum atomic E-state index is 11.4. The lowest BCUT2D eigenvalue weighted by molar-refractivity contribution is -0.160. The van der Waals surface area contributed by atoms with Gasteiger partial charge in [0.15, 0.2) is 0 Å². The van der Waals surface area contributed by atoms with E-state index in [1.54, 1.807) is 0 Å². The van der Waals surface area contributed by atoms with E-state index in [0.717, 1.165) is 6.42 Å². The third-order valence-electron chi connectivity index (χ3n) is 4.07. The van der Waals surface area contributed by atoms with Crippen molar-refractivity contribution in [2.24, 2.45) is 23.7 Å². The summed E-state index contributed by atoms with van der Waals surface area (Å²) in [6, 6.07) is 0. The van der Waals surface area contributed by atoms with Gasteiger partial charge in [-0.25, -0.2) is 0 Å². The highest BCUT2D eigenvalue weighted by Gasteiger charge is 2.73. The van der Waals surface area contributed by atoms with Gasteiger partial charge in [0.25, 0.3) is 0 Å². The van der Waals surface area contributed by atoms with Crippen LogP contribution in [-0.4, -0.2) is 24.1 Å². The van der Waals surface area contributed by atoms with Crippen molar-refractivity contribution in [3.05, 3.63) is 0 Å². The monoisotopic (exact) mass is 180 g/mol. The Bertz CT molecular complexity index is 301. The molecule has 0 aromatic heterocycles. The molecule has 2 heterocycles. The van der Waals surface area contributed by atoms with Crippen molar-refractivity contribution >= 4 is 11.9 Å². The van der Waals surface area contributed by atoms with Crippen molar-refractivity contribution in [2.75, 3.05) is 0 Å². The summed E-state index contributed by atoms with van der Waals surface area (Å²) < 4.78 is 10.4. The standard InChI is InChI=1S/C9H8O4/c10-8-4-2-1-3-5(4)9(11)13-7(3)6(2)12-8/h2-7H,1H2/t2-,3+,4-,5+,6-,7-/m0/s1. The van der Waals surface area contributed by atoms with E-state index < -0.39 is 0 Å². The van der Waals surface area contributed by atoms with Crippen LogP contribution in [0.2, 0.25) is 0 Å². The van der Waals surface area contributed by atoms with E-state index in [2.05, 4.69) is 0 Å². The van der Waals surface area contributed by atoms with Gasteiger partial charge in [0.05, 0.1) is 11.8 Å². The third-order valence-corrected chi connectivity index (χ3v) is 4.07. The number of ether oxygens (including phenoxy) is 2. The fraction of sp³-hybridized carbons (Fsp3) is 0.778. The van der Waals surface area contributed by atoms with Gasteiger partial charge in [-0.15, -0.1) is 0 Å². The first-order valence-corrected chi connectivity index (χ1v) is 4.68. The Labute approximate surface area is 74.2 Å². The summed E-state index contributed by atoms with van der Waals surface area (Å²) in [6.07, 6.45) is 0.734. The number of hydrogen-bond acceptors (Lipinski definition) is 4. The Morgan fingerprint density at radius 1 is 0.923 bits per heavy atom. The first-order valence-electron chi connectivity index (χ1n) is 4.68. The number of carbonyl (C=O) groups is 2. The number of fused-ring (bicyclic) bond motifs is 2. The molecule has 4 aliphatic rings. The Hall–Kier alpha value is -1.06. The summed E-state index contributed by atoms with van der Waals surface area (Å²) in [6.45, 7) is 0. The zero-order valence-corrected chi connectivity index (χ0v) is 6.80. The fourth-order valence-corrected chi connectivity index (χ4v) is 3.68. The molecule has 0 radical (unpaired) electrons. The second-order valence-electron chi connectivity index (χ2n) is 4.42. The number of rotatable bonds is 0. The number of esters is 2. The largest absolute Gasteiger partial charge is 0.458 e.